The molecule has 2 fully saturated rings. The van der Waals surface area contributed by atoms with Gasteiger partial charge in [0, 0.05) is 0 Å². The van der Waals surface area contributed by atoms with E-state index in [9.17, 15) is 8.78 Å². The second-order valence-electron chi connectivity index (χ2n) is 5.49. The molecule has 0 saturated heterocycles. The van der Waals surface area contributed by atoms with Crippen molar-refractivity contribution in [1.82, 2.24) is 0 Å². The highest BCUT2D eigenvalue weighted by Gasteiger charge is 2.26. The van der Waals surface area contributed by atoms with Gasteiger partial charge in [-0.05, 0) is 42.7 Å². The topological polar surface area (TPSA) is 9.23 Å². The van der Waals surface area contributed by atoms with Crippen molar-refractivity contribution in [3.63, 3.8) is 0 Å². The highest BCUT2D eigenvalue weighted by Crippen LogP contribution is 2.39. The van der Waals surface area contributed by atoms with Crippen LogP contribution in [0.25, 0.3) is 0 Å². The fourth-order valence-electron chi connectivity index (χ4n) is 2.43. The molecule has 3 heteroatoms. The predicted molar refractivity (Wildman–Crippen MR) is 65.8 cm³/mol. The number of benzene rings is 1. The molecule has 2 saturated carbocycles. The van der Waals surface area contributed by atoms with Gasteiger partial charge in [0.05, 0.1) is 6.61 Å². The fourth-order valence-corrected chi connectivity index (χ4v) is 2.43. The Kier molecular flexibility index (Phi) is 3.23. The highest BCUT2D eigenvalue weighted by molar-refractivity contribution is 5.33. The number of hydrogen-bond donors (Lipinski definition) is 0. The van der Waals surface area contributed by atoms with Gasteiger partial charge in [-0.1, -0.05) is 25.3 Å². The molecule has 0 heterocycles. The third-order valence-electron chi connectivity index (χ3n) is 4.10. The lowest BCUT2D eigenvalue weighted by atomic mass is 9.80. The van der Waals surface area contributed by atoms with Crippen LogP contribution in [0.2, 0.25) is 0 Å². The molecule has 2 aliphatic carbocycles. The van der Waals surface area contributed by atoms with Crippen LogP contribution < -0.4 is 4.74 Å². The van der Waals surface area contributed by atoms with Crippen LogP contribution >= 0.6 is 0 Å². The van der Waals surface area contributed by atoms with Crippen molar-refractivity contribution in [2.45, 2.75) is 44.4 Å². The normalized spacial score (nSPS) is 19.7. The third-order valence-corrected chi connectivity index (χ3v) is 4.10. The van der Waals surface area contributed by atoms with Crippen LogP contribution in [0.3, 0.4) is 0 Å². The largest absolute Gasteiger partial charge is 0.490 e. The summed E-state index contributed by atoms with van der Waals surface area (Å²) in [5.41, 5.74) is 0.522. The van der Waals surface area contributed by atoms with Gasteiger partial charge in [0.2, 0.25) is 5.82 Å². The molecule has 0 radical (unpaired) electrons. The molecular formula is C15H18F2O. The minimum Gasteiger partial charge on any atom is -0.490 e. The summed E-state index contributed by atoms with van der Waals surface area (Å²) < 4.78 is 33.0. The predicted octanol–water partition coefficient (Wildman–Crippen LogP) is 4.41. The van der Waals surface area contributed by atoms with E-state index in [2.05, 4.69) is 0 Å². The third kappa shape index (κ3) is 2.36. The summed E-state index contributed by atoms with van der Waals surface area (Å²) in [7, 11) is 0. The van der Waals surface area contributed by atoms with Gasteiger partial charge in [-0.25, -0.2) is 4.39 Å². The first kappa shape index (κ1) is 11.9. The van der Waals surface area contributed by atoms with Crippen LogP contribution in [0.4, 0.5) is 8.78 Å². The van der Waals surface area contributed by atoms with Crippen molar-refractivity contribution in [2.24, 2.45) is 5.92 Å². The van der Waals surface area contributed by atoms with Gasteiger partial charge in [0.1, 0.15) is 0 Å². The Morgan fingerprint density at radius 1 is 1.06 bits per heavy atom. The average Bonchev–Trinajstić information content (AvgIpc) is 3.09. The fraction of sp³-hybridized carbons (Fsp3) is 0.600. The Morgan fingerprint density at radius 2 is 1.83 bits per heavy atom. The maximum Gasteiger partial charge on any atom is 0.200 e. The van der Waals surface area contributed by atoms with Crippen molar-refractivity contribution in [3.05, 3.63) is 29.3 Å². The standard InChI is InChI=1S/C15H18F2O/c16-14-12(11-2-1-3-11)6-7-13(15(14)17)18-9-8-10-4-5-10/h6-7,10-11H,1-5,8-9H2. The van der Waals surface area contributed by atoms with Gasteiger partial charge in [0.25, 0.3) is 0 Å². The van der Waals surface area contributed by atoms with E-state index in [4.69, 9.17) is 4.74 Å². The Balaban J connectivity index is 1.67. The maximum atomic E-state index is 13.9. The summed E-state index contributed by atoms with van der Waals surface area (Å²) >= 11 is 0. The zero-order valence-corrected chi connectivity index (χ0v) is 10.4. The van der Waals surface area contributed by atoms with Crippen LogP contribution in [0.15, 0.2) is 12.1 Å². The number of hydrogen-bond acceptors (Lipinski definition) is 1. The molecule has 0 unspecified atom stereocenters. The van der Waals surface area contributed by atoms with Crippen LogP contribution in [0.1, 0.15) is 50.0 Å². The summed E-state index contributed by atoms with van der Waals surface area (Å²) in [6, 6.07) is 3.27. The highest BCUT2D eigenvalue weighted by atomic mass is 19.2. The molecule has 18 heavy (non-hydrogen) atoms. The molecule has 0 atom stereocenters. The lowest BCUT2D eigenvalue weighted by molar-refractivity contribution is 0.281. The minimum absolute atomic E-state index is 0.0659. The van der Waals surface area contributed by atoms with Gasteiger partial charge in [-0.15, -0.1) is 0 Å². The van der Waals surface area contributed by atoms with Gasteiger partial charge < -0.3 is 4.74 Å². The summed E-state index contributed by atoms with van der Waals surface area (Å²) in [5.74, 6) is -0.498. The van der Waals surface area contributed by atoms with Crippen molar-refractivity contribution in [1.29, 1.82) is 0 Å². The Labute approximate surface area is 106 Å². The van der Waals surface area contributed by atoms with Gasteiger partial charge in [-0.3, -0.25) is 0 Å². The smallest absolute Gasteiger partial charge is 0.200 e. The number of rotatable bonds is 5. The van der Waals surface area contributed by atoms with E-state index < -0.39 is 11.6 Å². The lowest BCUT2D eigenvalue weighted by Gasteiger charge is -2.26. The molecular weight excluding hydrogens is 234 g/mol. The molecule has 1 nitrogen and oxygen atoms in total. The van der Waals surface area contributed by atoms with E-state index in [0.29, 0.717) is 12.2 Å². The zero-order valence-electron chi connectivity index (χ0n) is 10.4. The average molecular weight is 252 g/mol. The van der Waals surface area contributed by atoms with Crippen LogP contribution in [0, 0.1) is 17.6 Å². The zero-order chi connectivity index (χ0) is 12.5. The Morgan fingerprint density at radius 3 is 2.44 bits per heavy atom. The minimum atomic E-state index is -0.810. The Bertz CT molecular complexity index is 436. The molecule has 1 aromatic carbocycles. The van der Waals surface area contributed by atoms with E-state index in [1.165, 1.54) is 12.8 Å². The van der Waals surface area contributed by atoms with E-state index in [0.717, 1.165) is 31.6 Å². The van der Waals surface area contributed by atoms with Crippen LogP contribution in [0.5, 0.6) is 5.75 Å². The monoisotopic (exact) mass is 252 g/mol. The van der Waals surface area contributed by atoms with E-state index >= 15 is 0 Å². The van der Waals surface area contributed by atoms with E-state index in [1.54, 1.807) is 12.1 Å². The molecule has 0 N–H and O–H groups in total. The SMILES string of the molecule is Fc1c(OCCC2CC2)ccc(C2CCC2)c1F. The first-order chi connectivity index (χ1) is 8.75. The van der Waals surface area contributed by atoms with Gasteiger partial charge in [0.15, 0.2) is 11.6 Å². The molecule has 2 aliphatic rings. The first-order valence-electron chi connectivity index (χ1n) is 6.86. The molecule has 0 aromatic heterocycles. The first-order valence-corrected chi connectivity index (χ1v) is 6.86. The lowest BCUT2D eigenvalue weighted by Crippen LogP contribution is -2.12. The van der Waals surface area contributed by atoms with Crippen LogP contribution in [-0.4, -0.2) is 6.61 Å². The summed E-state index contributed by atoms with van der Waals surface area (Å²) in [4.78, 5) is 0. The summed E-state index contributed by atoms with van der Waals surface area (Å²) in [6.45, 7) is 0.490. The van der Waals surface area contributed by atoms with Crippen molar-refractivity contribution < 1.29 is 13.5 Å². The van der Waals surface area contributed by atoms with Crippen molar-refractivity contribution >= 4 is 0 Å². The van der Waals surface area contributed by atoms with Crippen LogP contribution in [-0.2, 0) is 0 Å². The molecule has 98 valence electrons. The molecule has 1 aromatic rings. The summed E-state index contributed by atoms with van der Waals surface area (Å²) in [5, 5.41) is 0. The maximum absolute atomic E-state index is 13.9. The Hall–Kier alpha value is -1.12. The quantitative estimate of drug-likeness (QED) is 0.754. The van der Waals surface area contributed by atoms with Gasteiger partial charge >= 0.3 is 0 Å². The van der Waals surface area contributed by atoms with Gasteiger partial charge in [-0.2, -0.15) is 4.39 Å². The van der Waals surface area contributed by atoms with E-state index in [-0.39, 0.29) is 11.7 Å². The molecule has 0 aliphatic heterocycles. The second-order valence-corrected chi connectivity index (χ2v) is 5.49. The number of halogens is 2. The number of ether oxygens (including phenoxy) is 1. The van der Waals surface area contributed by atoms with E-state index in [1.807, 2.05) is 0 Å². The molecule has 0 amide bonds. The second kappa shape index (κ2) is 4.87. The molecule has 0 spiro atoms. The summed E-state index contributed by atoms with van der Waals surface area (Å²) in [6.07, 6.45) is 6.51. The molecule has 3 rings (SSSR count). The van der Waals surface area contributed by atoms with Crippen molar-refractivity contribution in [2.75, 3.05) is 6.61 Å². The molecule has 0 bridgehead atoms. The van der Waals surface area contributed by atoms with Crippen molar-refractivity contribution in [3.8, 4) is 5.75 Å².